The highest BCUT2D eigenvalue weighted by Crippen LogP contribution is 2.25. The van der Waals surface area contributed by atoms with Crippen LogP contribution in [0.4, 0.5) is 0 Å². The number of piperidine rings is 1. The van der Waals surface area contributed by atoms with Crippen LogP contribution >= 0.6 is 0 Å². The fourth-order valence-corrected chi connectivity index (χ4v) is 3.56. The van der Waals surface area contributed by atoms with Gasteiger partial charge in [0.1, 0.15) is 0 Å². The molecule has 1 aliphatic heterocycles. The predicted octanol–water partition coefficient (Wildman–Crippen LogP) is 1.08. The van der Waals surface area contributed by atoms with Gasteiger partial charge in [0.15, 0.2) is 0 Å². The Kier molecular flexibility index (Phi) is 5.87. The molecule has 3 rings (SSSR count). The highest BCUT2D eigenvalue weighted by Gasteiger charge is 2.31. The third-order valence-electron chi connectivity index (χ3n) is 5.23. The summed E-state index contributed by atoms with van der Waals surface area (Å²) in [4.78, 5) is 16.8. The van der Waals surface area contributed by atoms with E-state index < -0.39 is 0 Å². The molecule has 1 aromatic rings. The van der Waals surface area contributed by atoms with Gasteiger partial charge >= 0.3 is 0 Å². The number of aliphatic hydroxyl groups excluding tert-OH is 1. The third-order valence-corrected chi connectivity index (χ3v) is 5.23. The fourth-order valence-electron chi connectivity index (χ4n) is 3.56. The number of rotatable bonds is 7. The molecule has 5 heteroatoms. The van der Waals surface area contributed by atoms with E-state index in [2.05, 4.69) is 39.4 Å². The van der Waals surface area contributed by atoms with E-state index in [1.165, 1.54) is 18.4 Å². The second kappa shape index (κ2) is 8.10. The highest BCUT2D eigenvalue weighted by molar-refractivity contribution is 5.78. The van der Waals surface area contributed by atoms with Gasteiger partial charge < -0.3 is 10.4 Å². The molecule has 1 amide bonds. The predicted molar refractivity (Wildman–Crippen MR) is 94.5 cm³/mol. The number of benzene rings is 1. The Morgan fingerprint density at radius 2 is 2.04 bits per heavy atom. The van der Waals surface area contributed by atoms with E-state index >= 15 is 0 Å². The average molecular weight is 331 g/mol. The van der Waals surface area contributed by atoms with Crippen LogP contribution in [0.1, 0.15) is 24.8 Å². The number of hydrogen-bond acceptors (Lipinski definition) is 4. The quantitative estimate of drug-likeness (QED) is 0.785. The van der Waals surface area contributed by atoms with E-state index in [4.69, 9.17) is 0 Å². The van der Waals surface area contributed by atoms with Crippen LogP contribution in [-0.2, 0) is 11.3 Å². The minimum atomic E-state index is 0.0348. The highest BCUT2D eigenvalue weighted by atomic mass is 16.3. The zero-order valence-corrected chi connectivity index (χ0v) is 14.5. The molecule has 0 spiro atoms. The minimum Gasteiger partial charge on any atom is -0.396 e. The molecular weight excluding hydrogens is 302 g/mol. The first-order valence-corrected chi connectivity index (χ1v) is 9.02. The Morgan fingerprint density at radius 1 is 1.29 bits per heavy atom. The number of nitrogens with one attached hydrogen (secondary N) is 1. The van der Waals surface area contributed by atoms with Crippen LogP contribution < -0.4 is 5.32 Å². The molecule has 2 N–H and O–H groups in total. The number of nitrogens with zero attached hydrogens (tertiary/aromatic N) is 2. The average Bonchev–Trinajstić information content (AvgIpc) is 3.41. The summed E-state index contributed by atoms with van der Waals surface area (Å²) >= 11 is 0. The largest absolute Gasteiger partial charge is 0.396 e. The maximum Gasteiger partial charge on any atom is 0.234 e. The SMILES string of the molecule is CN(CC(=O)NC1CN(Cc2ccccc2)CCC1CO)C1CC1. The number of carbonyl (C=O) groups is 1. The van der Waals surface area contributed by atoms with Gasteiger partial charge in [0.2, 0.25) is 5.91 Å². The molecule has 1 heterocycles. The molecule has 0 aromatic heterocycles. The van der Waals surface area contributed by atoms with Gasteiger partial charge in [0.25, 0.3) is 0 Å². The van der Waals surface area contributed by atoms with Gasteiger partial charge in [-0.05, 0) is 38.4 Å². The second-order valence-electron chi connectivity index (χ2n) is 7.27. The van der Waals surface area contributed by atoms with Crippen LogP contribution in [0.5, 0.6) is 0 Å². The van der Waals surface area contributed by atoms with Crippen LogP contribution in [0.15, 0.2) is 30.3 Å². The number of carbonyl (C=O) groups excluding carboxylic acids is 1. The first kappa shape index (κ1) is 17.4. The fraction of sp³-hybridized carbons (Fsp3) is 0.632. The Labute approximate surface area is 144 Å². The van der Waals surface area contributed by atoms with Crippen molar-refractivity contribution in [3.8, 4) is 0 Å². The zero-order chi connectivity index (χ0) is 16.9. The van der Waals surface area contributed by atoms with Crippen molar-refractivity contribution in [3.63, 3.8) is 0 Å². The van der Waals surface area contributed by atoms with Crippen molar-refractivity contribution in [1.82, 2.24) is 15.1 Å². The Bertz CT molecular complexity index is 533. The summed E-state index contributed by atoms with van der Waals surface area (Å²) in [6.45, 7) is 3.27. The molecule has 2 unspecified atom stereocenters. The number of likely N-dealkylation sites (N-methyl/N-ethyl adjacent to an activating group) is 1. The lowest BCUT2D eigenvalue weighted by Crippen LogP contribution is -2.54. The molecule has 1 saturated carbocycles. The van der Waals surface area contributed by atoms with Crippen LogP contribution in [0, 0.1) is 5.92 Å². The Hall–Kier alpha value is -1.43. The van der Waals surface area contributed by atoms with Crippen molar-refractivity contribution < 1.29 is 9.90 Å². The maximum atomic E-state index is 12.3. The number of amides is 1. The van der Waals surface area contributed by atoms with Crippen LogP contribution in [0.2, 0.25) is 0 Å². The molecule has 132 valence electrons. The summed E-state index contributed by atoms with van der Waals surface area (Å²) in [6, 6.07) is 11.0. The third kappa shape index (κ3) is 4.79. The van der Waals surface area contributed by atoms with Crippen molar-refractivity contribution in [2.75, 3.05) is 33.3 Å². The van der Waals surface area contributed by atoms with E-state index in [9.17, 15) is 9.90 Å². The van der Waals surface area contributed by atoms with E-state index in [1.807, 2.05) is 13.1 Å². The van der Waals surface area contributed by atoms with Gasteiger partial charge in [-0.15, -0.1) is 0 Å². The van der Waals surface area contributed by atoms with Gasteiger partial charge in [0, 0.05) is 37.7 Å². The lowest BCUT2D eigenvalue weighted by molar-refractivity contribution is -0.123. The van der Waals surface area contributed by atoms with Gasteiger partial charge in [-0.2, -0.15) is 0 Å². The summed E-state index contributed by atoms with van der Waals surface area (Å²) < 4.78 is 0. The molecule has 1 aromatic carbocycles. The lowest BCUT2D eigenvalue weighted by atomic mass is 9.92. The number of aliphatic hydroxyl groups is 1. The second-order valence-corrected chi connectivity index (χ2v) is 7.27. The molecule has 1 aliphatic carbocycles. The monoisotopic (exact) mass is 331 g/mol. The van der Waals surface area contributed by atoms with Gasteiger partial charge in [0.05, 0.1) is 6.54 Å². The summed E-state index contributed by atoms with van der Waals surface area (Å²) in [5, 5.41) is 12.8. The lowest BCUT2D eigenvalue weighted by Gasteiger charge is -2.38. The molecule has 0 radical (unpaired) electrons. The van der Waals surface area contributed by atoms with E-state index in [1.54, 1.807) is 0 Å². The molecule has 1 saturated heterocycles. The van der Waals surface area contributed by atoms with Gasteiger partial charge in [-0.25, -0.2) is 0 Å². The zero-order valence-electron chi connectivity index (χ0n) is 14.5. The van der Waals surface area contributed by atoms with E-state index in [0.717, 1.165) is 26.1 Å². The van der Waals surface area contributed by atoms with Crippen molar-refractivity contribution >= 4 is 5.91 Å². The molecule has 2 aliphatic rings. The van der Waals surface area contributed by atoms with Gasteiger partial charge in [-0.1, -0.05) is 30.3 Å². The molecule has 2 fully saturated rings. The maximum absolute atomic E-state index is 12.3. The standard InChI is InChI=1S/C19H29N3O2/c1-21(17-7-8-17)13-19(24)20-18-12-22(10-9-16(18)14-23)11-15-5-3-2-4-6-15/h2-6,16-18,23H,7-14H2,1H3,(H,20,24). The molecule has 2 atom stereocenters. The minimum absolute atomic E-state index is 0.0348. The van der Waals surface area contributed by atoms with Crippen LogP contribution in [0.3, 0.4) is 0 Å². The molecule has 5 nitrogen and oxygen atoms in total. The van der Waals surface area contributed by atoms with Crippen LogP contribution in [-0.4, -0.2) is 66.2 Å². The van der Waals surface area contributed by atoms with Gasteiger partial charge in [-0.3, -0.25) is 14.6 Å². The Morgan fingerprint density at radius 3 is 2.71 bits per heavy atom. The first-order valence-electron chi connectivity index (χ1n) is 9.02. The van der Waals surface area contributed by atoms with Crippen molar-refractivity contribution in [3.05, 3.63) is 35.9 Å². The summed E-state index contributed by atoms with van der Waals surface area (Å²) in [6.07, 6.45) is 3.33. The molecule has 24 heavy (non-hydrogen) atoms. The summed E-state index contributed by atoms with van der Waals surface area (Å²) in [5.41, 5.74) is 1.29. The van der Waals surface area contributed by atoms with E-state index in [-0.39, 0.29) is 24.5 Å². The molecular formula is C19H29N3O2. The molecule has 0 bridgehead atoms. The first-order chi connectivity index (χ1) is 11.7. The normalized spacial score (nSPS) is 25.0. The van der Waals surface area contributed by atoms with E-state index in [0.29, 0.717) is 12.6 Å². The van der Waals surface area contributed by atoms with Crippen molar-refractivity contribution in [2.24, 2.45) is 5.92 Å². The number of likely N-dealkylation sites (tertiary alicyclic amines) is 1. The summed E-state index contributed by atoms with van der Waals surface area (Å²) in [5.74, 6) is 0.238. The number of hydrogen-bond donors (Lipinski definition) is 2. The Balaban J connectivity index is 1.53. The van der Waals surface area contributed by atoms with Crippen molar-refractivity contribution in [1.29, 1.82) is 0 Å². The topological polar surface area (TPSA) is 55.8 Å². The smallest absolute Gasteiger partial charge is 0.234 e. The van der Waals surface area contributed by atoms with Crippen LogP contribution in [0.25, 0.3) is 0 Å². The summed E-state index contributed by atoms with van der Waals surface area (Å²) in [7, 11) is 2.02. The van der Waals surface area contributed by atoms with Crippen molar-refractivity contribution in [2.45, 2.75) is 37.9 Å².